The van der Waals surface area contributed by atoms with Crippen LogP contribution in [0.3, 0.4) is 0 Å². The second-order valence-corrected chi connectivity index (χ2v) is 5.13. The molecule has 0 saturated carbocycles. The Hall–Kier alpha value is -0.940. The zero-order valence-electron chi connectivity index (χ0n) is 9.50. The molecule has 4 nitrogen and oxygen atoms in total. The van der Waals surface area contributed by atoms with E-state index in [2.05, 4.69) is 10.3 Å². The van der Waals surface area contributed by atoms with Gasteiger partial charge in [-0.25, -0.2) is 4.98 Å². The van der Waals surface area contributed by atoms with Gasteiger partial charge >= 0.3 is 0 Å². The van der Waals surface area contributed by atoms with Gasteiger partial charge in [0.05, 0.1) is 11.6 Å². The van der Waals surface area contributed by atoms with Gasteiger partial charge in [0.2, 0.25) is 5.91 Å². The molecule has 0 fully saturated rings. The minimum absolute atomic E-state index is 0.0842. The van der Waals surface area contributed by atoms with E-state index in [0.29, 0.717) is 0 Å². The van der Waals surface area contributed by atoms with E-state index in [0.717, 1.165) is 10.7 Å². The van der Waals surface area contributed by atoms with Crippen molar-refractivity contribution in [1.29, 1.82) is 0 Å². The third-order valence-electron chi connectivity index (χ3n) is 1.94. The molecule has 0 radical (unpaired) electrons. The van der Waals surface area contributed by atoms with Crippen molar-refractivity contribution in [3.8, 4) is 0 Å². The maximum absolute atomic E-state index is 11.6. The topological polar surface area (TPSA) is 68.0 Å². The first-order valence-electron chi connectivity index (χ1n) is 4.82. The lowest BCUT2D eigenvalue weighted by atomic mass is 10.1. The number of nitrogens with two attached hydrogens (primary N) is 1. The second-order valence-electron chi connectivity index (χ2n) is 4.24. The highest BCUT2D eigenvalue weighted by Gasteiger charge is 2.24. The van der Waals surface area contributed by atoms with Crippen LogP contribution < -0.4 is 11.1 Å². The van der Waals surface area contributed by atoms with Gasteiger partial charge in [-0.3, -0.25) is 4.79 Å². The number of amides is 1. The first kappa shape index (κ1) is 12.1. The van der Waals surface area contributed by atoms with Crippen molar-refractivity contribution in [1.82, 2.24) is 10.3 Å². The molecule has 0 bridgehead atoms. The highest BCUT2D eigenvalue weighted by Crippen LogP contribution is 2.17. The lowest BCUT2D eigenvalue weighted by Gasteiger charge is -2.20. The fourth-order valence-corrected chi connectivity index (χ4v) is 1.82. The van der Waals surface area contributed by atoms with Crippen LogP contribution in [0.4, 0.5) is 0 Å². The van der Waals surface area contributed by atoms with E-state index in [1.54, 1.807) is 25.2 Å². The predicted octanol–water partition coefficient (Wildman–Crippen LogP) is 1.37. The van der Waals surface area contributed by atoms with Gasteiger partial charge in [-0.2, -0.15) is 0 Å². The fraction of sp³-hybridized carbons (Fsp3) is 0.600. The van der Waals surface area contributed by atoms with Crippen LogP contribution in [0.1, 0.15) is 37.5 Å². The van der Waals surface area contributed by atoms with E-state index < -0.39 is 5.54 Å². The Kier molecular flexibility index (Phi) is 3.46. The lowest BCUT2D eigenvalue weighted by Crippen LogP contribution is -2.49. The number of hydrogen-bond donors (Lipinski definition) is 2. The molecule has 5 heteroatoms. The smallest absolute Gasteiger partial charge is 0.240 e. The van der Waals surface area contributed by atoms with E-state index in [-0.39, 0.29) is 11.9 Å². The van der Waals surface area contributed by atoms with Gasteiger partial charge in [0.1, 0.15) is 5.01 Å². The Morgan fingerprint density at radius 1 is 1.67 bits per heavy atom. The molecule has 0 saturated heterocycles. The predicted molar refractivity (Wildman–Crippen MR) is 61.7 cm³/mol. The molecular formula is C10H17N3OS. The summed E-state index contributed by atoms with van der Waals surface area (Å²) in [6.07, 6.45) is 0. The molecule has 1 amide bonds. The molecule has 0 aliphatic carbocycles. The molecule has 1 rings (SSSR count). The monoisotopic (exact) mass is 227 g/mol. The van der Waals surface area contributed by atoms with Crippen LogP contribution in [0.2, 0.25) is 0 Å². The van der Waals surface area contributed by atoms with Gasteiger partial charge < -0.3 is 11.1 Å². The second kappa shape index (κ2) is 4.28. The molecular weight excluding hydrogens is 210 g/mol. The molecule has 0 spiro atoms. The van der Waals surface area contributed by atoms with E-state index in [9.17, 15) is 4.79 Å². The van der Waals surface area contributed by atoms with Crippen LogP contribution in [0.5, 0.6) is 0 Å². The van der Waals surface area contributed by atoms with Gasteiger partial charge in [0.15, 0.2) is 0 Å². The van der Waals surface area contributed by atoms with Crippen molar-refractivity contribution >= 4 is 17.2 Å². The fourth-order valence-electron chi connectivity index (χ4n) is 1.02. The molecule has 15 heavy (non-hydrogen) atoms. The lowest BCUT2D eigenvalue weighted by molar-refractivity contribution is -0.125. The number of rotatable bonds is 3. The Morgan fingerprint density at radius 3 is 2.67 bits per heavy atom. The van der Waals surface area contributed by atoms with E-state index in [1.807, 2.05) is 19.2 Å². The van der Waals surface area contributed by atoms with Crippen molar-refractivity contribution in [2.24, 2.45) is 5.73 Å². The summed E-state index contributed by atoms with van der Waals surface area (Å²) in [6.45, 7) is 7.20. The van der Waals surface area contributed by atoms with E-state index in [1.165, 1.54) is 0 Å². The summed E-state index contributed by atoms with van der Waals surface area (Å²) in [7, 11) is 0. The summed E-state index contributed by atoms with van der Waals surface area (Å²) in [5, 5.41) is 5.70. The Bertz CT molecular complexity index is 354. The summed E-state index contributed by atoms with van der Waals surface area (Å²) in [6, 6.07) is -0.0842. The van der Waals surface area contributed by atoms with Crippen molar-refractivity contribution < 1.29 is 4.79 Å². The largest absolute Gasteiger partial charge is 0.346 e. The van der Waals surface area contributed by atoms with Crippen molar-refractivity contribution in [2.75, 3.05) is 0 Å². The Labute approximate surface area is 93.9 Å². The van der Waals surface area contributed by atoms with Crippen LogP contribution in [0.15, 0.2) is 5.38 Å². The number of thiazole rings is 1. The van der Waals surface area contributed by atoms with Crippen molar-refractivity contribution in [2.45, 2.75) is 39.3 Å². The summed E-state index contributed by atoms with van der Waals surface area (Å²) >= 11 is 1.54. The zero-order valence-corrected chi connectivity index (χ0v) is 10.3. The number of aryl methyl sites for hydroxylation is 1. The van der Waals surface area contributed by atoms with Gasteiger partial charge in [0, 0.05) is 11.1 Å². The van der Waals surface area contributed by atoms with Crippen LogP contribution in [-0.4, -0.2) is 16.4 Å². The number of aromatic nitrogens is 1. The number of nitrogens with zero attached hydrogens (tertiary/aromatic N) is 1. The van der Waals surface area contributed by atoms with Crippen LogP contribution in [-0.2, 0) is 4.79 Å². The van der Waals surface area contributed by atoms with Crippen LogP contribution in [0, 0.1) is 6.92 Å². The van der Waals surface area contributed by atoms with Gasteiger partial charge in [-0.1, -0.05) is 0 Å². The zero-order chi connectivity index (χ0) is 11.6. The van der Waals surface area contributed by atoms with Crippen molar-refractivity contribution in [3.63, 3.8) is 0 Å². The van der Waals surface area contributed by atoms with Gasteiger partial charge in [-0.15, -0.1) is 11.3 Å². The summed E-state index contributed by atoms with van der Waals surface area (Å²) < 4.78 is 0. The molecule has 3 N–H and O–H groups in total. The Morgan fingerprint density at radius 2 is 2.27 bits per heavy atom. The summed E-state index contributed by atoms with van der Waals surface area (Å²) in [4.78, 5) is 15.9. The molecule has 1 aromatic heterocycles. The number of nitrogens with one attached hydrogen (secondary N) is 1. The third-order valence-corrected chi connectivity index (χ3v) is 3.09. The van der Waals surface area contributed by atoms with Gasteiger partial charge in [0.25, 0.3) is 0 Å². The SMILES string of the molecule is Cc1csc(C(C)NC(=O)C(C)(C)N)n1. The number of hydrogen-bond acceptors (Lipinski definition) is 4. The summed E-state index contributed by atoms with van der Waals surface area (Å²) in [5.74, 6) is -0.164. The maximum Gasteiger partial charge on any atom is 0.240 e. The third kappa shape index (κ3) is 3.28. The molecule has 1 atom stereocenters. The minimum Gasteiger partial charge on any atom is -0.346 e. The average Bonchev–Trinajstić information content (AvgIpc) is 2.50. The van der Waals surface area contributed by atoms with E-state index >= 15 is 0 Å². The molecule has 1 heterocycles. The van der Waals surface area contributed by atoms with Crippen LogP contribution in [0.25, 0.3) is 0 Å². The van der Waals surface area contributed by atoms with Crippen LogP contribution >= 0.6 is 11.3 Å². The van der Waals surface area contributed by atoms with Crippen molar-refractivity contribution in [3.05, 3.63) is 16.1 Å². The summed E-state index contributed by atoms with van der Waals surface area (Å²) in [5.41, 5.74) is 5.81. The molecule has 84 valence electrons. The molecule has 0 aromatic carbocycles. The minimum atomic E-state index is -0.847. The Balaban J connectivity index is 2.64. The molecule has 1 aromatic rings. The standard InChI is InChI=1S/C10H17N3OS/c1-6-5-15-8(12-6)7(2)13-9(14)10(3,4)11/h5,7H,11H2,1-4H3,(H,13,14). The maximum atomic E-state index is 11.6. The average molecular weight is 227 g/mol. The van der Waals surface area contributed by atoms with E-state index in [4.69, 9.17) is 5.73 Å². The highest BCUT2D eigenvalue weighted by atomic mass is 32.1. The first-order valence-corrected chi connectivity index (χ1v) is 5.70. The quantitative estimate of drug-likeness (QED) is 0.819. The first-order chi connectivity index (χ1) is 6.80. The molecule has 0 aliphatic rings. The number of carbonyl (C=O) groups is 1. The molecule has 1 unspecified atom stereocenters. The number of carbonyl (C=O) groups excluding carboxylic acids is 1. The molecule has 0 aliphatic heterocycles. The highest BCUT2D eigenvalue weighted by molar-refractivity contribution is 7.09. The van der Waals surface area contributed by atoms with Gasteiger partial charge in [-0.05, 0) is 27.7 Å². The normalized spacial score (nSPS) is 13.7.